The van der Waals surface area contributed by atoms with Gasteiger partial charge in [0.1, 0.15) is 12.0 Å². The Morgan fingerprint density at radius 1 is 1.14 bits per heavy atom. The van der Waals surface area contributed by atoms with Gasteiger partial charge in [-0.25, -0.2) is 0 Å². The third-order valence-electron chi connectivity index (χ3n) is 7.73. The molecular weight excluding hydrogens is 551 g/mol. The standard InChI is InChI=1S/C32H43NOS2.2C3H6/c1-7-8-9-13-26-18-22(3)30(27-14-10-12-21(2)17-27)28(20-26)19-23(4)34-16-11-15-29-24(5)33-25(6)31(35)32(33)36-29;2*1-3-2/h11,15,17-18,20,27,31-32,35H,4,6-10,12-14,16,19H2,1-3,5H3;2*3H,1H2,2H3/b15-11+;;. The summed E-state index contributed by atoms with van der Waals surface area (Å²) in [4.78, 5) is 3.57. The molecule has 1 saturated heterocycles. The van der Waals surface area contributed by atoms with Gasteiger partial charge in [-0.15, -0.1) is 13.2 Å². The highest BCUT2D eigenvalue weighted by Gasteiger charge is 2.46. The SMILES string of the molecule is C=C(Cc1cc(CCCCC)cc(C)c1C1C=C(C)CCC1)OC/C=C/C1=C(C)N2C(=C)C(S)C2S1.C=CC.C=CC. The molecule has 0 spiro atoms. The number of rotatable bonds is 11. The molecule has 42 heavy (non-hydrogen) atoms. The molecule has 1 aromatic rings. The van der Waals surface area contributed by atoms with Crippen LogP contribution < -0.4 is 0 Å². The highest BCUT2D eigenvalue weighted by atomic mass is 32.2. The normalized spacial score (nSPS) is 20.9. The second-order valence-electron chi connectivity index (χ2n) is 11.5. The van der Waals surface area contributed by atoms with E-state index in [0.29, 0.717) is 17.9 Å². The van der Waals surface area contributed by atoms with E-state index in [-0.39, 0.29) is 5.25 Å². The lowest BCUT2D eigenvalue weighted by Crippen LogP contribution is -2.48. The predicted octanol–water partition coefficient (Wildman–Crippen LogP) is 11.4. The van der Waals surface area contributed by atoms with E-state index in [4.69, 9.17) is 4.74 Å². The van der Waals surface area contributed by atoms with E-state index in [1.165, 1.54) is 77.0 Å². The molecule has 1 aromatic carbocycles. The largest absolute Gasteiger partial charge is 0.494 e. The molecule has 0 amide bonds. The van der Waals surface area contributed by atoms with Crippen molar-refractivity contribution in [3.8, 4) is 0 Å². The molecule has 2 heterocycles. The zero-order valence-electron chi connectivity index (χ0n) is 27.2. The van der Waals surface area contributed by atoms with E-state index in [1.54, 1.807) is 12.2 Å². The molecule has 230 valence electrons. The zero-order chi connectivity index (χ0) is 31.2. The lowest BCUT2D eigenvalue weighted by Gasteiger charge is -2.44. The Kier molecular flexibility index (Phi) is 15.7. The molecule has 0 bridgehead atoms. The third kappa shape index (κ3) is 9.88. The Bertz CT molecular complexity index is 1180. The quantitative estimate of drug-likeness (QED) is 0.117. The number of nitrogens with zero attached hydrogens (tertiary/aromatic N) is 1. The van der Waals surface area contributed by atoms with Gasteiger partial charge in [-0.05, 0) is 101 Å². The lowest BCUT2D eigenvalue weighted by molar-refractivity contribution is 0.242. The lowest BCUT2D eigenvalue weighted by atomic mass is 9.80. The molecular formula is C38H55NOS2. The van der Waals surface area contributed by atoms with Crippen molar-refractivity contribution < 1.29 is 4.74 Å². The number of thiol groups is 1. The maximum absolute atomic E-state index is 6.12. The van der Waals surface area contributed by atoms with Gasteiger partial charge in [-0.3, -0.25) is 0 Å². The Morgan fingerprint density at radius 2 is 1.83 bits per heavy atom. The number of fused-ring (bicyclic) bond motifs is 1. The smallest absolute Gasteiger partial charge is 0.106 e. The van der Waals surface area contributed by atoms with Gasteiger partial charge >= 0.3 is 0 Å². The molecule has 2 aliphatic heterocycles. The first-order valence-corrected chi connectivity index (χ1v) is 17.0. The van der Waals surface area contributed by atoms with Crippen LogP contribution in [0, 0.1) is 6.92 Å². The van der Waals surface area contributed by atoms with Crippen LogP contribution in [0.25, 0.3) is 0 Å². The number of benzene rings is 1. The fourth-order valence-corrected chi connectivity index (χ4v) is 7.65. The molecule has 2 nitrogen and oxygen atoms in total. The van der Waals surface area contributed by atoms with Crippen molar-refractivity contribution in [1.82, 2.24) is 4.90 Å². The average molecular weight is 606 g/mol. The van der Waals surface area contributed by atoms with Gasteiger partial charge < -0.3 is 9.64 Å². The number of aryl methyl sites for hydroxylation is 2. The van der Waals surface area contributed by atoms with Crippen molar-refractivity contribution in [2.45, 2.75) is 109 Å². The summed E-state index contributed by atoms with van der Waals surface area (Å²) in [5.41, 5.74) is 9.69. The summed E-state index contributed by atoms with van der Waals surface area (Å²) in [7, 11) is 0. The van der Waals surface area contributed by atoms with E-state index >= 15 is 0 Å². The highest BCUT2D eigenvalue weighted by molar-refractivity contribution is 8.04. The van der Waals surface area contributed by atoms with Crippen molar-refractivity contribution in [3.05, 3.63) is 119 Å². The number of thioether (sulfide) groups is 1. The van der Waals surface area contributed by atoms with Gasteiger partial charge in [0.05, 0.1) is 11.0 Å². The molecule has 3 atom stereocenters. The Hall–Kier alpha value is -2.30. The number of hydrogen-bond acceptors (Lipinski definition) is 4. The van der Waals surface area contributed by atoms with Crippen molar-refractivity contribution >= 4 is 24.4 Å². The Morgan fingerprint density at radius 3 is 2.45 bits per heavy atom. The second-order valence-corrected chi connectivity index (χ2v) is 13.2. The number of ether oxygens (including phenoxy) is 1. The molecule has 0 radical (unpaired) electrons. The fourth-order valence-electron chi connectivity index (χ4n) is 5.82. The minimum absolute atomic E-state index is 0.255. The van der Waals surface area contributed by atoms with Crippen LogP contribution in [-0.2, 0) is 17.6 Å². The van der Waals surface area contributed by atoms with Crippen molar-refractivity contribution in [2.24, 2.45) is 0 Å². The number of unbranched alkanes of at least 4 members (excludes halogenated alkanes) is 2. The summed E-state index contributed by atoms with van der Waals surface area (Å²) in [6.07, 6.45) is 19.8. The summed E-state index contributed by atoms with van der Waals surface area (Å²) in [5.74, 6) is 1.36. The molecule has 1 fully saturated rings. The van der Waals surface area contributed by atoms with Crippen LogP contribution in [0.3, 0.4) is 0 Å². The van der Waals surface area contributed by atoms with Gasteiger partial charge in [0.25, 0.3) is 0 Å². The molecule has 0 aromatic heterocycles. The van der Waals surface area contributed by atoms with E-state index in [0.717, 1.165) is 24.3 Å². The zero-order valence-corrected chi connectivity index (χ0v) is 28.9. The van der Waals surface area contributed by atoms with Crippen LogP contribution in [0.1, 0.15) is 101 Å². The first kappa shape index (κ1) is 35.9. The summed E-state index contributed by atoms with van der Waals surface area (Å²) < 4.78 is 6.12. The Balaban J connectivity index is 0.000000946. The molecule has 3 unspecified atom stereocenters. The molecule has 3 aliphatic rings. The van der Waals surface area contributed by atoms with Gasteiger partial charge in [0.15, 0.2) is 0 Å². The van der Waals surface area contributed by atoms with Crippen LogP contribution in [0.5, 0.6) is 0 Å². The van der Waals surface area contributed by atoms with Crippen LogP contribution in [0.2, 0.25) is 0 Å². The van der Waals surface area contributed by atoms with Crippen molar-refractivity contribution in [3.63, 3.8) is 0 Å². The van der Waals surface area contributed by atoms with E-state index in [9.17, 15) is 0 Å². The van der Waals surface area contributed by atoms with Crippen molar-refractivity contribution in [1.29, 1.82) is 0 Å². The first-order valence-electron chi connectivity index (χ1n) is 15.6. The highest BCUT2D eigenvalue weighted by Crippen LogP contribution is 2.52. The third-order valence-corrected chi connectivity index (χ3v) is 9.92. The van der Waals surface area contributed by atoms with Crippen LogP contribution >= 0.6 is 24.4 Å². The van der Waals surface area contributed by atoms with E-state index < -0.39 is 0 Å². The summed E-state index contributed by atoms with van der Waals surface area (Å²) in [5, 5.41) is 0.644. The van der Waals surface area contributed by atoms with E-state index in [1.807, 2.05) is 25.6 Å². The molecule has 4 rings (SSSR count). The van der Waals surface area contributed by atoms with Gasteiger partial charge in [-0.1, -0.05) is 80.6 Å². The van der Waals surface area contributed by atoms with Crippen LogP contribution in [-0.4, -0.2) is 22.1 Å². The minimum atomic E-state index is 0.255. The minimum Gasteiger partial charge on any atom is -0.494 e. The molecule has 0 N–H and O–H groups in total. The molecule has 0 saturated carbocycles. The van der Waals surface area contributed by atoms with Gasteiger partial charge in [0.2, 0.25) is 0 Å². The van der Waals surface area contributed by atoms with Crippen molar-refractivity contribution in [2.75, 3.05) is 6.61 Å². The maximum atomic E-state index is 6.12. The first-order chi connectivity index (χ1) is 20.1. The summed E-state index contributed by atoms with van der Waals surface area (Å²) in [6, 6.07) is 4.87. The summed E-state index contributed by atoms with van der Waals surface area (Å²) in [6.45, 7) is 28.5. The summed E-state index contributed by atoms with van der Waals surface area (Å²) >= 11 is 6.52. The topological polar surface area (TPSA) is 12.5 Å². The molecule has 1 aliphatic carbocycles. The monoisotopic (exact) mass is 605 g/mol. The second kappa shape index (κ2) is 18.4. The number of allylic oxidation sites excluding steroid dienone is 7. The van der Waals surface area contributed by atoms with Gasteiger partial charge in [0, 0.05) is 28.6 Å². The fraction of sp³-hybridized carbons (Fsp3) is 0.474. The number of hydrogen-bond donors (Lipinski definition) is 1. The van der Waals surface area contributed by atoms with Crippen LogP contribution in [0.15, 0.2) is 96.5 Å². The van der Waals surface area contributed by atoms with E-state index in [2.05, 4.69) is 102 Å². The Labute approximate surface area is 267 Å². The molecule has 4 heteroatoms. The predicted molar refractivity (Wildman–Crippen MR) is 192 cm³/mol. The average Bonchev–Trinajstić information content (AvgIpc) is 3.24. The van der Waals surface area contributed by atoms with Crippen LogP contribution in [0.4, 0.5) is 0 Å². The van der Waals surface area contributed by atoms with Gasteiger partial charge in [-0.2, -0.15) is 12.6 Å². The maximum Gasteiger partial charge on any atom is 0.106 e.